The summed E-state index contributed by atoms with van der Waals surface area (Å²) in [5.41, 5.74) is 0. The van der Waals surface area contributed by atoms with Crippen LogP contribution in [0, 0.1) is 0 Å². The number of rotatable bonds is 7. The Kier molecular flexibility index (Phi) is 8.76. The lowest BCUT2D eigenvalue weighted by molar-refractivity contribution is -0.122. The molecule has 0 aliphatic carbocycles. The SMILES string of the molecule is CCNC(=NCC(C)(C)SC)NC1CCN(CC(=O)NC)CC1. The van der Waals surface area contributed by atoms with E-state index in [1.54, 1.807) is 7.05 Å². The fraction of sp³-hybridized carbons (Fsp3) is 0.875. The summed E-state index contributed by atoms with van der Waals surface area (Å²) in [4.78, 5) is 18.4. The van der Waals surface area contributed by atoms with E-state index in [2.05, 4.69) is 47.9 Å². The number of carbonyl (C=O) groups excluding carboxylic acids is 1. The predicted molar refractivity (Wildman–Crippen MR) is 100 cm³/mol. The van der Waals surface area contributed by atoms with Crippen LogP contribution in [-0.2, 0) is 4.79 Å². The number of likely N-dealkylation sites (N-methyl/N-ethyl adjacent to an activating group) is 1. The number of nitrogens with one attached hydrogen (secondary N) is 3. The maximum absolute atomic E-state index is 11.4. The van der Waals surface area contributed by atoms with Crippen LogP contribution in [0.3, 0.4) is 0 Å². The summed E-state index contributed by atoms with van der Waals surface area (Å²) < 4.78 is 0.152. The molecule has 0 aromatic rings. The largest absolute Gasteiger partial charge is 0.358 e. The number of carbonyl (C=O) groups is 1. The minimum absolute atomic E-state index is 0.0885. The molecule has 7 heteroatoms. The van der Waals surface area contributed by atoms with Crippen LogP contribution in [-0.4, -0.2) is 73.6 Å². The van der Waals surface area contributed by atoms with E-state index < -0.39 is 0 Å². The summed E-state index contributed by atoms with van der Waals surface area (Å²) >= 11 is 1.83. The first kappa shape index (κ1) is 20.1. The van der Waals surface area contributed by atoms with Crippen molar-refractivity contribution in [1.82, 2.24) is 20.9 Å². The third-order valence-electron chi connectivity index (χ3n) is 4.09. The molecule has 0 aromatic heterocycles. The highest BCUT2D eigenvalue weighted by molar-refractivity contribution is 7.99. The Bertz CT molecular complexity index is 392. The van der Waals surface area contributed by atoms with E-state index in [4.69, 9.17) is 4.99 Å². The van der Waals surface area contributed by atoms with Crippen molar-refractivity contribution < 1.29 is 4.79 Å². The molecule has 6 nitrogen and oxygen atoms in total. The molecule has 23 heavy (non-hydrogen) atoms. The summed E-state index contributed by atoms with van der Waals surface area (Å²) in [5.74, 6) is 0.991. The Morgan fingerprint density at radius 2 is 2.00 bits per heavy atom. The first-order chi connectivity index (χ1) is 10.9. The van der Waals surface area contributed by atoms with E-state index in [0.29, 0.717) is 12.6 Å². The van der Waals surface area contributed by atoms with Crippen molar-refractivity contribution in [3.8, 4) is 0 Å². The van der Waals surface area contributed by atoms with Gasteiger partial charge >= 0.3 is 0 Å². The molecule has 0 saturated carbocycles. The van der Waals surface area contributed by atoms with E-state index in [9.17, 15) is 4.79 Å². The van der Waals surface area contributed by atoms with Crippen molar-refractivity contribution in [1.29, 1.82) is 0 Å². The molecule has 0 spiro atoms. The van der Waals surface area contributed by atoms with Crippen molar-refractivity contribution in [3.63, 3.8) is 0 Å². The lowest BCUT2D eigenvalue weighted by Gasteiger charge is -2.32. The summed E-state index contributed by atoms with van der Waals surface area (Å²) in [6.07, 6.45) is 4.19. The van der Waals surface area contributed by atoms with Crippen LogP contribution < -0.4 is 16.0 Å². The number of likely N-dealkylation sites (tertiary alicyclic amines) is 1. The summed E-state index contributed by atoms with van der Waals surface area (Å²) in [6.45, 7) is 10.5. The van der Waals surface area contributed by atoms with Crippen LogP contribution >= 0.6 is 11.8 Å². The number of piperidine rings is 1. The van der Waals surface area contributed by atoms with Crippen LogP contribution in [0.1, 0.15) is 33.6 Å². The molecule has 1 rings (SSSR count). The van der Waals surface area contributed by atoms with Gasteiger partial charge in [-0.3, -0.25) is 14.7 Å². The Balaban J connectivity index is 2.46. The van der Waals surface area contributed by atoms with Crippen molar-refractivity contribution in [2.75, 3.05) is 46.0 Å². The number of nitrogens with zero attached hydrogens (tertiary/aromatic N) is 2. The van der Waals surface area contributed by atoms with Gasteiger partial charge in [-0.25, -0.2) is 0 Å². The second-order valence-corrected chi connectivity index (χ2v) is 8.04. The molecule has 0 bridgehead atoms. The van der Waals surface area contributed by atoms with Gasteiger partial charge in [-0.15, -0.1) is 0 Å². The zero-order chi connectivity index (χ0) is 17.3. The van der Waals surface area contributed by atoms with Gasteiger partial charge in [-0.1, -0.05) is 0 Å². The van der Waals surface area contributed by atoms with Gasteiger partial charge in [0.25, 0.3) is 0 Å². The maximum atomic E-state index is 11.4. The number of amides is 1. The molecule has 0 aromatic carbocycles. The van der Waals surface area contributed by atoms with Crippen LogP contribution in [0.25, 0.3) is 0 Å². The molecule has 0 atom stereocenters. The highest BCUT2D eigenvalue weighted by Gasteiger charge is 2.22. The lowest BCUT2D eigenvalue weighted by atomic mass is 10.1. The van der Waals surface area contributed by atoms with E-state index in [1.807, 2.05) is 11.8 Å². The van der Waals surface area contributed by atoms with Crippen molar-refractivity contribution in [2.45, 2.75) is 44.4 Å². The highest BCUT2D eigenvalue weighted by atomic mass is 32.2. The van der Waals surface area contributed by atoms with Gasteiger partial charge in [-0.2, -0.15) is 11.8 Å². The molecule has 1 amide bonds. The normalized spacial score (nSPS) is 17.9. The first-order valence-corrected chi connectivity index (χ1v) is 9.65. The standard InChI is InChI=1S/C16H33N5OS/c1-6-18-15(19-12-16(2,3)23-5)20-13-7-9-21(10-8-13)11-14(22)17-4/h13H,6-12H2,1-5H3,(H,17,22)(H2,18,19,20). The fourth-order valence-corrected chi connectivity index (χ4v) is 2.56. The van der Waals surface area contributed by atoms with Crippen molar-refractivity contribution in [3.05, 3.63) is 0 Å². The number of thioether (sulfide) groups is 1. The Morgan fingerprint density at radius 1 is 1.35 bits per heavy atom. The van der Waals surface area contributed by atoms with Gasteiger partial charge in [0.2, 0.25) is 5.91 Å². The Labute approximate surface area is 145 Å². The third kappa shape index (κ3) is 7.92. The highest BCUT2D eigenvalue weighted by Crippen LogP contribution is 2.21. The van der Waals surface area contributed by atoms with Crippen LogP contribution in [0.5, 0.6) is 0 Å². The van der Waals surface area contributed by atoms with Crippen molar-refractivity contribution in [2.24, 2.45) is 4.99 Å². The quantitative estimate of drug-likeness (QED) is 0.473. The van der Waals surface area contributed by atoms with E-state index >= 15 is 0 Å². The van der Waals surface area contributed by atoms with Crippen LogP contribution in [0.15, 0.2) is 4.99 Å². The molecular weight excluding hydrogens is 310 g/mol. The minimum atomic E-state index is 0.0885. The summed E-state index contributed by atoms with van der Waals surface area (Å²) in [5, 5.41) is 9.56. The zero-order valence-electron chi connectivity index (χ0n) is 15.2. The second-order valence-electron chi connectivity index (χ2n) is 6.53. The molecule has 0 unspecified atom stereocenters. The second kappa shape index (κ2) is 10.0. The lowest BCUT2D eigenvalue weighted by Crippen LogP contribution is -2.50. The van der Waals surface area contributed by atoms with Gasteiger partial charge in [0.05, 0.1) is 13.1 Å². The predicted octanol–water partition coefficient (Wildman–Crippen LogP) is 0.894. The molecule has 1 aliphatic rings. The van der Waals surface area contributed by atoms with Crippen molar-refractivity contribution >= 4 is 23.6 Å². The smallest absolute Gasteiger partial charge is 0.233 e. The zero-order valence-corrected chi connectivity index (χ0v) is 16.1. The monoisotopic (exact) mass is 343 g/mol. The van der Waals surface area contributed by atoms with Gasteiger partial charge in [-0.05, 0) is 39.9 Å². The molecule has 1 aliphatic heterocycles. The molecule has 1 fully saturated rings. The third-order valence-corrected chi connectivity index (χ3v) is 5.32. The Morgan fingerprint density at radius 3 is 2.52 bits per heavy atom. The van der Waals surface area contributed by atoms with E-state index in [1.165, 1.54) is 0 Å². The van der Waals surface area contributed by atoms with Gasteiger partial charge in [0, 0.05) is 37.5 Å². The molecular formula is C16H33N5OS. The number of hydrogen-bond donors (Lipinski definition) is 3. The van der Waals surface area contributed by atoms with Gasteiger partial charge in [0.15, 0.2) is 5.96 Å². The molecule has 0 radical (unpaired) electrons. The minimum Gasteiger partial charge on any atom is -0.358 e. The molecule has 3 N–H and O–H groups in total. The van der Waals surface area contributed by atoms with Gasteiger partial charge < -0.3 is 16.0 Å². The topological polar surface area (TPSA) is 68.8 Å². The molecule has 1 heterocycles. The summed E-state index contributed by atoms with van der Waals surface area (Å²) in [6, 6.07) is 0.422. The molecule has 134 valence electrons. The van der Waals surface area contributed by atoms with Crippen LogP contribution in [0.4, 0.5) is 0 Å². The maximum Gasteiger partial charge on any atom is 0.233 e. The number of hydrogen-bond acceptors (Lipinski definition) is 4. The number of guanidine groups is 1. The average Bonchev–Trinajstić information content (AvgIpc) is 2.54. The van der Waals surface area contributed by atoms with Crippen LogP contribution in [0.2, 0.25) is 0 Å². The fourth-order valence-electron chi connectivity index (χ4n) is 2.36. The van der Waals surface area contributed by atoms with Gasteiger partial charge in [0.1, 0.15) is 0 Å². The van der Waals surface area contributed by atoms with E-state index in [0.717, 1.165) is 45.0 Å². The summed E-state index contributed by atoms with van der Waals surface area (Å²) in [7, 11) is 1.69. The van der Waals surface area contributed by atoms with E-state index in [-0.39, 0.29) is 10.7 Å². The Hall–Kier alpha value is -0.950. The number of aliphatic imine (C=N–C) groups is 1. The average molecular weight is 344 g/mol. The molecule has 1 saturated heterocycles. The first-order valence-electron chi connectivity index (χ1n) is 8.43.